The van der Waals surface area contributed by atoms with Gasteiger partial charge in [-0.05, 0) is 57.6 Å². The van der Waals surface area contributed by atoms with E-state index in [1.165, 1.54) is 29.7 Å². The monoisotopic (exact) mass is 387 g/mol. The Labute approximate surface area is 164 Å². The van der Waals surface area contributed by atoms with Crippen molar-refractivity contribution in [2.45, 2.75) is 70.0 Å². The van der Waals surface area contributed by atoms with Crippen molar-refractivity contribution >= 4 is 22.9 Å². The highest BCUT2D eigenvalue weighted by molar-refractivity contribution is 7.14. The van der Waals surface area contributed by atoms with Crippen molar-refractivity contribution in [3.05, 3.63) is 33.3 Å². The first-order valence-corrected chi connectivity index (χ1v) is 10.7. The first kappa shape index (κ1) is 18.7. The third-order valence-electron chi connectivity index (χ3n) is 5.85. The maximum absolute atomic E-state index is 12.6. The molecule has 0 saturated heterocycles. The largest absolute Gasteiger partial charge is 0.328 e. The topological polar surface area (TPSA) is 85.0 Å². The molecule has 0 aromatic carbocycles. The summed E-state index contributed by atoms with van der Waals surface area (Å²) in [7, 11) is 1.86. The molecule has 2 atom stereocenters. The van der Waals surface area contributed by atoms with Gasteiger partial charge in [-0.15, -0.1) is 11.3 Å². The number of nitrogens with zero attached hydrogens (tertiary/aromatic N) is 2. The molecule has 27 heavy (non-hydrogen) atoms. The highest BCUT2D eigenvalue weighted by atomic mass is 32.1. The molecule has 4 rings (SSSR count). The maximum atomic E-state index is 12.6. The second-order valence-electron chi connectivity index (χ2n) is 8.11. The maximum Gasteiger partial charge on any atom is 0.265 e. The van der Waals surface area contributed by atoms with Crippen LogP contribution in [0, 0.1) is 13.8 Å². The molecule has 7 heteroatoms. The van der Waals surface area contributed by atoms with Gasteiger partial charge in [0.1, 0.15) is 0 Å². The minimum Gasteiger partial charge on any atom is -0.328 e. The van der Waals surface area contributed by atoms with Gasteiger partial charge in [0.15, 0.2) is 0 Å². The molecule has 1 amide bonds. The van der Waals surface area contributed by atoms with Gasteiger partial charge >= 0.3 is 0 Å². The van der Waals surface area contributed by atoms with Crippen LogP contribution < -0.4 is 16.4 Å². The third kappa shape index (κ3) is 4.10. The third-order valence-corrected chi connectivity index (χ3v) is 6.92. The number of hydrogen-bond acceptors (Lipinski definition) is 5. The highest BCUT2D eigenvalue weighted by Crippen LogP contribution is 2.45. The van der Waals surface area contributed by atoms with Gasteiger partial charge in [0.05, 0.1) is 16.3 Å². The summed E-state index contributed by atoms with van der Waals surface area (Å²) in [5.74, 6) is 0.496. The molecule has 2 heterocycles. The van der Waals surface area contributed by atoms with Crippen LogP contribution in [0.2, 0.25) is 0 Å². The summed E-state index contributed by atoms with van der Waals surface area (Å²) in [5, 5.41) is 11.1. The molecule has 0 radical (unpaired) electrons. The number of aromatic nitrogens is 2. The lowest BCUT2D eigenvalue weighted by Gasteiger charge is -2.27. The number of thiophene rings is 1. The van der Waals surface area contributed by atoms with Gasteiger partial charge in [0.25, 0.3) is 5.91 Å². The fraction of sp³-hybridized carbons (Fsp3) is 0.600. The summed E-state index contributed by atoms with van der Waals surface area (Å²) in [5.41, 5.74) is 8.95. The van der Waals surface area contributed by atoms with Gasteiger partial charge in [-0.25, -0.2) is 0 Å². The molecule has 146 valence electrons. The lowest BCUT2D eigenvalue weighted by atomic mass is 9.92. The van der Waals surface area contributed by atoms with Crippen LogP contribution in [-0.4, -0.2) is 33.8 Å². The molecule has 2 aromatic rings. The molecular weight excluding hydrogens is 358 g/mol. The predicted octanol–water partition coefficient (Wildman–Crippen LogP) is 3.07. The lowest BCUT2D eigenvalue weighted by molar-refractivity contribution is 0.103. The summed E-state index contributed by atoms with van der Waals surface area (Å²) >= 11 is 1.59. The zero-order valence-electron chi connectivity index (χ0n) is 16.3. The smallest absolute Gasteiger partial charge is 0.265 e. The molecule has 2 aliphatic carbocycles. The average Bonchev–Trinajstić information content (AvgIpc) is 3.14. The number of nitrogens with one attached hydrogen (secondary N) is 2. The van der Waals surface area contributed by atoms with Crippen molar-refractivity contribution in [3.8, 4) is 0 Å². The van der Waals surface area contributed by atoms with Gasteiger partial charge in [-0.3, -0.25) is 9.48 Å². The molecule has 0 bridgehead atoms. The lowest BCUT2D eigenvalue weighted by Crippen LogP contribution is -2.38. The highest BCUT2D eigenvalue weighted by Gasteiger charge is 2.41. The Balaban J connectivity index is 1.37. The molecule has 0 aliphatic heterocycles. The molecule has 2 aromatic heterocycles. The standard InChI is InChI=1S/C20H29N5OS/c1-11-18(10-25(3)24-11)23-20(26)19-9-15(12(2)27-19)16-8-17(16)22-14-6-4-13(21)5-7-14/h9-10,13-14,16-17,22H,4-8,21H2,1-3H3,(H,23,26). The van der Waals surface area contributed by atoms with Crippen molar-refractivity contribution in [2.24, 2.45) is 12.8 Å². The van der Waals surface area contributed by atoms with Gasteiger partial charge in [0.2, 0.25) is 0 Å². The average molecular weight is 388 g/mol. The van der Waals surface area contributed by atoms with Crippen LogP contribution in [0.3, 0.4) is 0 Å². The Kier molecular flexibility index (Phi) is 5.09. The van der Waals surface area contributed by atoms with E-state index in [1.54, 1.807) is 16.0 Å². The Morgan fingerprint density at radius 3 is 2.70 bits per heavy atom. The predicted molar refractivity (Wildman–Crippen MR) is 109 cm³/mol. The van der Waals surface area contributed by atoms with Gasteiger partial charge in [-0.2, -0.15) is 5.10 Å². The fourth-order valence-electron chi connectivity index (χ4n) is 4.19. The van der Waals surface area contributed by atoms with Crippen LogP contribution in [-0.2, 0) is 7.05 Å². The van der Waals surface area contributed by atoms with E-state index in [1.807, 2.05) is 20.2 Å². The second kappa shape index (κ2) is 7.37. The summed E-state index contributed by atoms with van der Waals surface area (Å²) < 4.78 is 1.72. The number of anilines is 1. The quantitative estimate of drug-likeness (QED) is 0.736. The van der Waals surface area contributed by atoms with Gasteiger partial charge in [-0.1, -0.05) is 0 Å². The van der Waals surface area contributed by atoms with E-state index >= 15 is 0 Å². The summed E-state index contributed by atoms with van der Waals surface area (Å²) in [4.78, 5) is 14.7. The zero-order valence-corrected chi connectivity index (χ0v) is 17.1. The van der Waals surface area contributed by atoms with Crippen molar-refractivity contribution in [2.75, 3.05) is 5.32 Å². The molecule has 6 nitrogen and oxygen atoms in total. The van der Waals surface area contributed by atoms with E-state index in [2.05, 4.69) is 28.7 Å². The number of nitrogens with two attached hydrogens (primary N) is 1. The Hall–Kier alpha value is -1.70. The molecule has 2 aliphatic rings. The Morgan fingerprint density at radius 1 is 1.30 bits per heavy atom. The van der Waals surface area contributed by atoms with E-state index in [-0.39, 0.29) is 5.91 Å². The van der Waals surface area contributed by atoms with E-state index in [4.69, 9.17) is 5.73 Å². The molecule has 2 unspecified atom stereocenters. The van der Waals surface area contributed by atoms with Crippen LogP contribution in [0.25, 0.3) is 0 Å². The minimum absolute atomic E-state index is 0.0446. The van der Waals surface area contributed by atoms with E-state index in [9.17, 15) is 4.79 Å². The van der Waals surface area contributed by atoms with E-state index in [0.29, 0.717) is 24.0 Å². The summed E-state index contributed by atoms with van der Waals surface area (Å²) in [6, 6.07) is 3.63. The van der Waals surface area contributed by atoms with Crippen molar-refractivity contribution in [1.29, 1.82) is 0 Å². The van der Waals surface area contributed by atoms with Crippen LogP contribution in [0.4, 0.5) is 5.69 Å². The van der Waals surface area contributed by atoms with E-state index in [0.717, 1.165) is 29.1 Å². The van der Waals surface area contributed by atoms with Crippen molar-refractivity contribution in [1.82, 2.24) is 15.1 Å². The number of carbonyl (C=O) groups is 1. The Bertz CT molecular complexity index is 834. The first-order valence-electron chi connectivity index (χ1n) is 9.84. The number of amides is 1. The van der Waals surface area contributed by atoms with Crippen LogP contribution in [0.15, 0.2) is 12.3 Å². The number of carbonyl (C=O) groups excluding carboxylic acids is 1. The summed E-state index contributed by atoms with van der Waals surface area (Å²) in [6.45, 7) is 4.03. The van der Waals surface area contributed by atoms with Crippen molar-refractivity contribution in [3.63, 3.8) is 0 Å². The molecule has 2 fully saturated rings. The van der Waals surface area contributed by atoms with E-state index < -0.39 is 0 Å². The zero-order chi connectivity index (χ0) is 19.1. The normalized spacial score (nSPS) is 27.6. The molecule has 4 N–H and O–H groups in total. The fourth-order valence-corrected chi connectivity index (χ4v) is 5.18. The molecule has 2 saturated carbocycles. The van der Waals surface area contributed by atoms with Crippen LogP contribution in [0.5, 0.6) is 0 Å². The summed E-state index contributed by atoms with van der Waals surface area (Å²) in [6.07, 6.45) is 7.64. The second-order valence-corrected chi connectivity index (χ2v) is 9.36. The Morgan fingerprint density at radius 2 is 2.04 bits per heavy atom. The number of aryl methyl sites for hydroxylation is 3. The van der Waals surface area contributed by atoms with Gasteiger partial charge < -0.3 is 16.4 Å². The van der Waals surface area contributed by atoms with Gasteiger partial charge in [0, 0.05) is 42.2 Å². The number of hydrogen-bond donors (Lipinski definition) is 3. The first-order chi connectivity index (χ1) is 12.9. The minimum atomic E-state index is -0.0446. The SMILES string of the molecule is Cc1nn(C)cc1NC(=O)c1cc(C2CC2NC2CCC(N)CC2)c(C)s1. The molecular formula is C20H29N5OS. The number of rotatable bonds is 5. The van der Waals surface area contributed by atoms with Crippen LogP contribution >= 0.6 is 11.3 Å². The van der Waals surface area contributed by atoms with Crippen LogP contribution in [0.1, 0.15) is 63.8 Å². The van der Waals surface area contributed by atoms with Crippen molar-refractivity contribution < 1.29 is 4.79 Å². The molecule has 0 spiro atoms.